The number of nitrogens with two attached hydrogens (primary N) is 1. The zero-order valence-corrected chi connectivity index (χ0v) is 12.3. The van der Waals surface area contributed by atoms with Crippen LogP contribution in [0.15, 0.2) is 30.3 Å². The van der Waals surface area contributed by atoms with Crippen molar-refractivity contribution in [1.82, 2.24) is 5.32 Å². The van der Waals surface area contributed by atoms with E-state index < -0.39 is 12.1 Å². The van der Waals surface area contributed by atoms with Crippen molar-refractivity contribution >= 4 is 18.3 Å². The van der Waals surface area contributed by atoms with Gasteiger partial charge in [0.25, 0.3) is 0 Å². The molecule has 5 heteroatoms. The molecule has 2 rings (SSSR count). The zero-order valence-electron chi connectivity index (χ0n) is 11.5. The normalized spacial score (nSPS) is 23.5. The summed E-state index contributed by atoms with van der Waals surface area (Å²) in [4.78, 5) is 12.0. The van der Waals surface area contributed by atoms with Crippen LogP contribution in [-0.2, 0) is 11.2 Å². The van der Waals surface area contributed by atoms with Gasteiger partial charge in [-0.3, -0.25) is 4.79 Å². The molecule has 1 fully saturated rings. The molecule has 0 radical (unpaired) electrons. The summed E-state index contributed by atoms with van der Waals surface area (Å²) in [6, 6.07) is 9.04. The Morgan fingerprint density at radius 2 is 1.95 bits per heavy atom. The van der Waals surface area contributed by atoms with E-state index in [0.717, 1.165) is 31.2 Å². The maximum absolute atomic E-state index is 12.0. The number of hydrogen-bond donors (Lipinski definition) is 3. The van der Waals surface area contributed by atoms with Crippen molar-refractivity contribution < 1.29 is 9.90 Å². The monoisotopic (exact) mass is 298 g/mol. The lowest BCUT2D eigenvalue weighted by Gasteiger charge is -2.29. The number of benzene rings is 1. The van der Waals surface area contributed by atoms with Gasteiger partial charge in [0.05, 0.1) is 18.2 Å². The molecule has 1 aromatic rings. The van der Waals surface area contributed by atoms with Gasteiger partial charge in [0.2, 0.25) is 5.91 Å². The molecule has 0 spiro atoms. The fourth-order valence-electron chi connectivity index (χ4n) is 2.53. The van der Waals surface area contributed by atoms with Gasteiger partial charge in [0.15, 0.2) is 0 Å². The summed E-state index contributed by atoms with van der Waals surface area (Å²) in [5.41, 5.74) is 6.97. The Morgan fingerprint density at radius 1 is 1.30 bits per heavy atom. The standard InChI is InChI=1S/C15H22N2O2.ClH/c16-12(10-11-6-2-1-3-7-11)15(19)17-13-8-4-5-9-14(13)18;/h1-3,6-7,12-14,18H,4-5,8-10,16H2,(H,17,19);1H/t12?,13-,14-;/m1./s1. The fourth-order valence-corrected chi connectivity index (χ4v) is 2.53. The molecule has 1 amide bonds. The quantitative estimate of drug-likeness (QED) is 0.786. The SMILES string of the molecule is Cl.NC(Cc1ccccc1)C(=O)N[C@@H]1CCCC[C@H]1O. The van der Waals surface area contributed by atoms with Gasteiger partial charge in [-0.2, -0.15) is 0 Å². The van der Waals surface area contributed by atoms with Crippen LogP contribution in [0.25, 0.3) is 0 Å². The Labute approximate surface area is 126 Å². The van der Waals surface area contributed by atoms with Gasteiger partial charge in [0.1, 0.15) is 0 Å². The molecule has 0 heterocycles. The minimum Gasteiger partial charge on any atom is -0.391 e. The second kappa shape index (κ2) is 8.25. The highest BCUT2D eigenvalue weighted by Crippen LogP contribution is 2.18. The molecule has 0 bridgehead atoms. The lowest BCUT2D eigenvalue weighted by Crippen LogP contribution is -2.51. The molecule has 1 aliphatic rings. The minimum absolute atomic E-state index is 0. The van der Waals surface area contributed by atoms with E-state index in [2.05, 4.69) is 5.32 Å². The van der Waals surface area contributed by atoms with Crippen LogP contribution in [0.3, 0.4) is 0 Å². The van der Waals surface area contributed by atoms with E-state index in [9.17, 15) is 9.90 Å². The van der Waals surface area contributed by atoms with Gasteiger partial charge in [-0.25, -0.2) is 0 Å². The van der Waals surface area contributed by atoms with E-state index in [1.807, 2.05) is 30.3 Å². The second-order valence-electron chi connectivity index (χ2n) is 5.26. The van der Waals surface area contributed by atoms with Crippen LogP contribution < -0.4 is 11.1 Å². The first kappa shape index (κ1) is 17.0. The summed E-state index contributed by atoms with van der Waals surface area (Å²) in [6.07, 6.45) is 3.78. The van der Waals surface area contributed by atoms with E-state index in [-0.39, 0.29) is 24.4 Å². The molecule has 0 aromatic heterocycles. The molecule has 3 atom stereocenters. The summed E-state index contributed by atoms with van der Waals surface area (Å²) >= 11 is 0. The highest BCUT2D eigenvalue weighted by Gasteiger charge is 2.26. The molecule has 4 nitrogen and oxygen atoms in total. The number of aliphatic hydroxyl groups is 1. The highest BCUT2D eigenvalue weighted by atomic mass is 35.5. The molecule has 4 N–H and O–H groups in total. The molecule has 1 aliphatic carbocycles. The van der Waals surface area contributed by atoms with Crippen LogP contribution in [0.2, 0.25) is 0 Å². The summed E-state index contributed by atoms with van der Waals surface area (Å²) < 4.78 is 0. The van der Waals surface area contributed by atoms with Crippen molar-refractivity contribution in [2.45, 2.75) is 50.3 Å². The van der Waals surface area contributed by atoms with Crippen LogP contribution in [0.5, 0.6) is 0 Å². The Morgan fingerprint density at radius 3 is 2.60 bits per heavy atom. The number of aliphatic hydroxyl groups excluding tert-OH is 1. The Kier molecular flexibility index (Phi) is 6.99. The number of nitrogens with one attached hydrogen (secondary N) is 1. The van der Waals surface area contributed by atoms with Crippen molar-refractivity contribution in [3.63, 3.8) is 0 Å². The molecule has 0 aliphatic heterocycles. The third-order valence-electron chi connectivity index (χ3n) is 3.69. The van der Waals surface area contributed by atoms with Crippen LogP contribution in [-0.4, -0.2) is 29.2 Å². The number of amides is 1. The first-order valence-electron chi connectivity index (χ1n) is 6.95. The molecular weight excluding hydrogens is 276 g/mol. The Bertz CT molecular complexity index is 414. The van der Waals surface area contributed by atoms with E-state index in [1.165, 1.54) is 0 Å². The number of hydrogen-bond acceptors (Lipinski definition) is 3. The van der Waals surface area contributed by atoms with Gasteiger partial charge in [0, 0.05) is 0 Å². The predicted octanol–water partition coefficient (Wildman–Crippen LogP) is 1.40. The molecule has 20 heavy (non-hydrogen) atoms. The van der Waals surface area contributed by atoms with Crippen LogP contribution >= 0.6 is 12.4 Å². The fraction of sp³-hybridized carbons (Fsp3) is 0.533. The third kappa shape index (κ3) is 4.78. The molecule has 112 valence electrons. The average Bonchev–Trinajstić information content (AvgIpc) is 2.42. The Balaban J connectivity index is 0.00000200. The van der Waals surface area contributed by atoms with Crippen molar-refractivity contribution in [3.05, 3.63) is 35.9 Å². The van der Waals surface area contributed by atoms with Crippen molar-refractivity contribution in [2.75, 3.05) is 0 Å². The molecule has 0 saturated heterocycles. The summed E-state index contributed by atoms with van der Waals surface area (Å²) in [7, 11) is 0. The number of carbonyl (C=O) groups excluding carboxylic acids is 1. The summed E-state index contributed by atoms with van der Waals surface area (Å²) in [5.74, 6) is -0.171. The second-order valence-corrected chi connectivity index (χ2v) is 5.26. The molecule has 1 aromatic carbocycles. The number of halogens is 1. The summed E-state index contributed by atoms with van der Waals surface area (Å²) in [6.45, 7) is 0. The maximum atomic E-state index is 12.0. The maximum Gasteiger partial charge on any atom is 0.237 e. The van der Waals surface area contributed by atoms with E-state index in [1.54, 1.807) is 0 Å². The first-order chi connectivity index (χ1) is 9.16. The number of carbonyl (C=O) groups is 1. The van der Waals surface area contributed by atoms with E-state index >= 15 is 0 Å². The summed E-state index contributed by atoms with van der Waals surface area (Å²) in [5, 5.41) is 12.7. The van der Waals surface area contributed by atoms with Crippen molar-refractivity contribution in [3.8, 4) is 0 Å². The first-order valence-corrected chi connectivity index (χ1v) is 6.95. The van der Waals surface area contributed by atoms with Crippen molar-refractivity contribution in [2.24, 2.45) is 5.73 Å². The third-order valence-corrected chi connectivity index (χ3v) is 3.69. The zero-order chi connectivity index (χ0) is 13.7. The van der Waals surface area contributed by atoms with Gasteiger partial charge in [-0.15, -0.1) is 12.4 Å². The van der Waals surface area contributed by atoms with Crippen LogP contribution in [0.4, 0.5) is 0 Å². The Hall–Kier alpha value is -1.10. The van der Waals surface area contributed by atoms with Gasteiger partial charge < -0.3 is 16.2 Å². The minimum atomic E-state index is -0.559. The largest absolute Gasteiger partial charge is 0.391 e. The predicted molar refractivity (Wildman–Crippen MR) is 81.8 cm³/mol. The van der Waals surface area contributed by atoms with Crippen LogP contribution in [0, 0.1) is 0 Å². The lowest BCUT2D eigenvalue weighted by molar-refractivity contribution is -0.124. The molecule has 1 saturated carbocycles. The average molecular weight is 299 g/mol. The van der Waals surface area contributed by atoms with Gasteiger partial charge in [-0.1, -0.05) is 43.2 Å². The van der Waals surface area contributed by atoms with Crippen molar-refractivity contribution in [1.29, 1.82) is 0 Å². The van der Waals surface area contributed by atoms with Gasteiger partial charge in [-0.05, 0) is 24.8 Å². The highest BCUT2D eigenvalue weighted by molar-refractivity contribution is 5.85. The van der Waals surface area contributed by atoms with E-state index in [4.69, 9.17) is 5.73 Å². The molecule has 1 unspecified atom stereocenters. The molecular formula is C15H23ClN2O2. The smallest absolute Gasteiger partial charge is 0.237 e. The van der Waals surface area contributed by atoms with Gasteiger partial charge >= 0.3 is 0 Å². The van der Waals surface area contributed by atoms with E-state index in [0.29, 0.717) is 6.42 Å². The van der Waals surface area contributed by atoms with Crippen LogP contribution in [0.1, 0.15) is 31.2 Å². The topological polar surface area (TPSA) is 75.4 Å². The number of rotatable bonds is 4. The lowest BCUT2D eigenvalue weighted by atomic mass is 9.92.